The molecule has 100 valence electrons. The number of aromatic nitrogens is 2. The van der Waals surface area contributed by atoms with Crippen LogP contribution in [0.1, 0.15) is 5.56 Å². The Bertz CT molecular complexity index is 566. The van der Waals surface area contributed by atoms with Gasteiger partial charge < -0.3 is 5.32 Å². The van der Waals surface area contributed by atoms with Crippen molar-refractivity contribution in [2.75, 3.05) is 10.6 Å². The number of carbonyl (C=O) groups is 1. The quantitative estimate of drug-likeness (QED) is 0.784. The topological polar surface area (TPSA) is 69.8 Å². The molecule has 8 heteroatoms. The van der Waals surface area contributed by atoms with Crippen molar-refractivity contribution < 1.29 is 18.0 Å². The third-order valence-corrected chi connectivity index (χ3v) is 2.20. The number of carbonyl (C=O) groups excluding carboxylic acids is 1. The first-order valence-electron chi connectivity index (χ1n) is 5.20. The summed E-state index contributed by atoms with van der Waals surface area (Å²) in [7, 11) is 0. The molecule has 0 atom stereocenters. The van der Waals surface area contributed by atoms with E-state index in [-0.39, 0.29) is 5.69 Å². The summed E-state index contributed by atoms with van der Waals surface area (Å²) in [5.74, 6) is 0.337. The molecule has 1 heterocycles. The normalized spacial score (nSPS) is 11.1. The maximum atomic E-state index is 12.5. The second-order valence-electron chi connectivity index (χ2n) is 3.63. The number of benzene rings is 1. The van der Waals surface area contributed by atoms with E-state index >= 15 is 0 Å². The van der Waals surface area contributed by atoms with Gasteiger partial charge >= 0.3 is 12.2 Å². The van der Waals surface area contributed by atoms with Crippen molar-refractivity contribution in [1.29, 1.82) is 0 Å². The van der Waals surface area contributed by atoms with Gasteiger partial charge in [-0.15, -0.1) is 0 Å². The number of rotatable bonds is 2. The molecule has 0 unspecified atom stereocenters. The maximum Gasteiger partial charge on any atom is 0.416 e. The predicted molar refractivity (Wildman–Crippen MR) is 62.7 cm³/mol. The molecule has 0 bridgehead atoms. The largest absolute Gasteiger partial charge is 0.416 e. The van der Waals surface area contributed by atoms with Crippen molar-refractivity contribution in [1.82, 2.24) is 10.2 Å². The highest BCUT2D eigenvalue weighted by Crippen LogP contribution is 2.30. The zero-order chi connectivity index (χ0) is 13.9. The molecule has 3 N–H and O–H groups in total. The fourth-order valence-corrected chi connectivity index (χ4v) is 1.38. The van der Waals surface area contributed by atoms with Gasteiger partial charge in [0.2, 0.25) is 0 Å². The maximum absolute atomic E-state index is 12.5. The van der Waals surface area contributed by atoms with Crippen molar-refractivity contribution in [3.05, 3.63) is 42.1 Å². The molecule has 2 aromatic rings. The lowest BCUT2D eigenvalue weighted by atomic mass is 10.2. The van der Waals surface area contributed by atoms with E-state index < -0.39 is 17.8 Å². The number of halogens is 3. The van der Waals surface area contributed by atoms with Gasteiger partial charge in [0, 0.05) is 11.8 Å². The second kappa shape index (κ2) is 5.01. The summed E-state index contributed by atoms with van der Waals surface area (Å²) in [6, 6.07) is 5.20. The molecular weight excluding hydrogens is 261 g/mol. The number of H-pyrrole nitrogens is 1. The Morgan fingerprint density at radius 1 is 1.21 bits per heavy atom. The van der Waals surface area contributed by atoms with Crippen LogP contribution in [0.4, 0.5) is 29.5 Å². The predicted octanol–water partition coefficient (Wildman–Crippen LogP) is 3.07. The highest BCUT2D eigenvalue weighted by Gasteiger charge is 2.30. The van der Waals surface area contributed by atoms with E-state index in [2.05, 4.69) is 20.8 Å². The Balaban J connectivity index is 2.05. The summed E-state index contributed by atoms with van der Waals surface area (Å²) in [6.07, 6.45) is -3.02. The lowest BCUT2D eigenvalue weighted by Gasteiger charge is -2.10. The van der Waals surface area contributed by atoms with Gasteiger partial charge in [0.15, 0.2) is 0 Å². The van der Waals surface area contributed by atoms with Crippen molar-refractivity contribution in [3.63, 3.8) is 0 Å². The number of aromatic amines is 1. The van der Waals surface area contributed by atoms with Crippen LogP contribution < -0.4 is 10.6 Å². The van der Waals surface area contributed by atoms with Gasteiger partial charge in [-0.3, -0.25) is 10.4 Å². The summed E-state index contributed by atoms with van der Waals surface area (Å²) in [6.45, 7) is 0. The van der Waals surface area contributed by atoms with E-state index in [0.29, 0.717) is 5.82 Å². The first-order chi connectivity index (χ1) is 8.95. The number of anilines is 2. The molecule has 0 saturated heterocycles. The fourth-order valence-electron chi connectivity index (χ4n) is 1.38. The lowest BCUT2D eigenvalue weighted by Crippen LogP contribution is -2.20. The van der Waals surface area contributed by atoms with Crippen LogP contribution in [0, 0.1) is 0 Å². The van der Waals surface area contributed by atoms with E-state index in [4.69, 9.17) is 0 Å². The third kappa shape index (κ3) is 3.47. The van der Waals surface area contributed by atoms with Gasteiger partial charge in [-0.1, -0.05) is 6.07 Å². The molecule has 5 nitrogen and oxygen atoms in total. The van der Waals surface area contributed by atoms with E-state index in [1.807, 2.05) is 0 Å². The molecule has 0 fully saturated rings. The zero-order valence-corrected chi connectivity index (χ0v) is 9.45. The first kappa shape index (κ1) is 12.9. The van der Waals surface area contributed by atoms with Crippen LogP contribution in [0.5, 0.6) is 0 Å². The van der Waals surface area contributed by atoms with E-state index in [9.17, 15) is 18.0 Å². The molecule has 0 aliphatic heterocycles. The van der Waals surface area contributed by atoms with E-state index in [0.717, 1.165) is 12.1 Å². The van der Waals surface area contributed by atoms with Crippen LogP contribution in [-0.4, -0.2) is 16.2 Å². The monoisotopic (exact) mass is 270 g/mol. The number of hydrogen-bond acceptors (Lipinski definition) is 2. The number of alkyl halides is 3. The highest BCUT2D eigenvalue weighted by molar-refractivity contribution is 5.99. The average Bonchev–Trinajstić information content (AvgIpc) is 2.80. The molecule has 1 aromatic carbocycles. The molecule has 2 amide bonds. The zero-order valence-electron chi connectivity index (χ0n) is 9.45. The van der Waals surface area contributed by atoms with Gasteiger partial charge in [-0.25, -0.2) is 4.79 Å². The van der Waals surface area contributed by atoms with Gasteiger partial charge in [-0.2, -0.15) is 18.3 Å². The molecule has 1 aromatic heterocycles. The van der Waals surface area contributed by atoms with Crippen LogP contribution in [0.25, 0.3) is 0 Å². The summed E-state index contributed by atoms with van der Waals surface area (Å²) in [5.41, 5.74) is -0.779. The lowest BCUT2D eigenvalue weighted by molar-refractivity contribution is -0.137. The van der Waals surface area contributed by atoms with Gasteiger partial charge in [-0.05, 0) is 18.2 Å². The number of nitrogens with one attached hydrogen (secondary N) is 3. The number of amides is 2. The molecule has 0 aliphatic rings. The second-order valence-corrected chi connectivity index (χ2v) is 3.63. The molecular formula is C11H9F3N4O. The summed E-state index contributed by atoms with van der Waals surface area (Å²) in [4.78, 5) is 11.5. The smallest absolute Gasteiger partial charge is 0.308 e. The average molecular weight is 270 g/mol. The molecule has 19 heavy (non-hydrogen) atoms. The van der Waals surface area contributed by atoms with E-state index in [1.54, 1.807) is 0 Å². The molecule has 2 rings (SSSR count). The van der Waals surface area contributed by atoms with Crippen molar-refractivity contribution in [2.24, 2.45) is 0 Å². The van der Waals surface area contributed by atoms with Gasteiger partial charge in [0.1, 0.15) is 5.82 Å². The fraction of sp³-hybridized carbons (Fsp3) is 0.0909. The van der Waals surface area contributed by atoms with Gasteiger partial charge in [0.05, 0.1) is 11.8 Å². The summed E-state index contributed by atoms with van der Waals surface area (Å²) >= 11 is 0. The SMILES string of the molecule is O=C(Nc1cccc(C(F)(F)F)c1)Nc1ccn[nH]1. The number of hydrogen-bond donors (Lipinski definition) is 3. The highest BCUT2D eigenvalue weighted by atomic mass is 19.4. The minimum Gasteiger partial charge on any atom is -0.308 e. The first-order valence-corrected chi connectivity index (χ1v) is 5.20. The Morgan fingerprint density at radius 3 is 2.63 bits per heavy atom. The summed E-state index contributed by atoms with van der Waals surface area (Å²) in [5, 5.41) is 10.8. The minimum absolute atomic E-state index is 0.0480. The van der Waals surface area contributed by atoms with Crippen molar-refractivity contribution in [2.45, 2.75) is 6.18 Å². The third-order valence-electron chi connectivity index (χ3n) is 2.20. The molecule has 0 radical (unpaired) electrons. The van der Waals surface area contributed by atoms with Crippen LogP contribution >= 0.6 is 0 Å². The van der Waals surface area contributed by atoms with Gasteiger partial charge in [0.25, 0.3) is 0 Å². The van der Waals surface area contributed by atoms with Crippen molar-refractivity contribution >= 4 is 17.5 Å². The van der Waals surface area contributed by atoms with Crippen LogP contribution in [-0.2, 0) is 6.18 Å². The molecule has 0 spiro atoms. The standard InChI is InChI=1S/C11H9F3N4O/c12-11(13,14)7-2-1-3-8(6-7)16-10(19)17-9-4-5-15-18-9/h1-6H,(H3,15,16,17,18,19). The summed E-state index contributed by atoms with van der Waals surface area (Å²) < 4.78 is 37.4. The number of urea groups is 1. The Kier molecular flexibility index (Phi) is 3.41. The molecule has 0 aliphatic carbocycles. The Hall–Kier alpha value is -2.51. The van der Waals surface area contributed by atoms with Crippen LogP contribution in [0.2, 0.25) is 0 Å². The van der Waals surface area contributed by atoms with E-state index in [1.165, 1.54) is 24.4 Å². The molecule has 0 saturated carbocycles. The Morgan fingerprint density at radius 2 is 2.00 bits per heavy atom. The minimum atomic E-state index is -4.45. The van der Waals surface area contributed by atoms with Crippen LogP contribution in [0.3, 0.4) is 0 Å². The van der Waals surface area contributed by atoms with Crippen LogP contribution in [0.15, 0.2) is 36.5 Å². The van der Waals surface area contributed by atoms with Crippen molar-refractivity contribution in [3.8, 4) is 0 Å². The Labute approximate surface area is 105 Å². The number of nitrogens with zero attached hydrogens (tertiary/aromatic N) is 1.